The highest BCUT2D eigenvalue weighted by Gasteiger charge is 2.71. The Balaban J connectivity index is 1.63. The van der Waals surface area contributed by atoms with Crippen molar-refractivity contribution in [3.63, 3.8) is 0 Å². The predicted molar refractivity (Wildman–Crippen MR) is 145 cm³/mol. The Labute approximate surface area is 218 Å². The zero-order valence-corrected chi connectivity index (χ0v) is 23.4. The van der Waals surface area contributed by atoms with E-state index in [1.54, 1.807) is 0 Å². The van der Waals surface area contributed by atoms with Crippen LogP contribution < -0.4 is 11.5 Å². The lowest BCUT2D eigenvalue weighted by Gasteiger charge is -2.72. The third-order valence-corrected chi connectivity index (χ3v) is 13.7. The SMILES string of the molecule is B[C@]12CC[C@H](O)[C@](C)(CN)C1CC[C@]1(C)C2CC=C2C3CC(C)(C)[C@@H](O)[C@H](O)[C@]3(CN)[C@H](O)C[C@]21C. The summed E-state index contributed by atoms with van der Waals surface area (Å²) in [5, 5.41) is 45.4. The van der Waals surface area contributed by atoms with E-state index in [9.17, 15) is 20.4 Å². The van der Waals surface area contributed by atoms with Gasteiger partial charge in [0.05, 0.1) is 24.4 Å². The van der Waals surface area contributed by atoms with E-state index in [1.807, 2.05) is 13.8 Å². The minimum atomic E-state index is -1.06. The molecule has 0 amide bonds. The van der Waals surface area contributed by atoms with Crippen molar-refractivity contribution < 1.29 is 20.4 Å². The molecule has 0 aromatic carbocycles. The van der Waals surface area contributed by atoms with E-state index >= 15 is 0 Å². The second-order valence-electron chi connectivity index (χ2n) is 15.2. The van der Waals surface area contributed by atoms with Crippen molar-refractivity contribution in [2.24, 2.45) is 56.3 Å². The summed E-state index contributed by atoms with van der Waals surface area (Å²) in [5.41, 5.74) is 12.2. The third-order valence-electron chi connectivity index (χ3n) is 13.7. The summed E-state index contributed by atoms with van der Waals surface area (Å²) in [6, 6.07) is 0. The van der Waals surface area contributed by atoms with Crippen LogP contribution in [0.15, 0.2) is 11.6 Å². The standard InChI is InChI=1S/C29H51BN2O4/c1-24(2)12-17-16-6-7-19-26(4,10-8-18-25(3,14-31)20(33)9-11-29(18,19)30)27(16,5)13-21(34)28(17,15-32)23(36)22(24)35/h6,17-23,33-36H,7-15,30-32H2,1-5H3/t17?,18?,19?,20-,21+,22-,23-,25+,26+,27+,28-,29+/m0/s1. The van der Waals surface area contributed by atoms with E-state index in [2.05, 4.69) is 34.7 Å². The van der Waals surface area contributed by atoms with Crippen LogP contribution >= 0.6 is 0 Å². The fraction of sp³-hybridized carbons (Fsp3) is 0.931. The Hall–Kier alpha value is -0.435. The van der Waals surface area contributed by atoms with Crippen LogP contribution in [0, 0.1) is 44.8 Å². The molecule has 5 rings (SSSR count). The highest BCUT2D eigenvalue weighted by atomic mass is 16.3. The van der Waals surface area contributed by atoms with E-state index < -0.39 is 29.1 Å². The number of fused-ring (bicyclic) bond motifs is 7. The van der Waals surface area contributed by atoms with Gasteiger partial charge in [-0.15, -0.1) is 0 Å². The molecule has 0 spiro atoms. The van der Waals surface area contributed by atoms with Crippen LogP contribution in [0.5, 0.6) is 0 Å². The fourth-order valence-corrected chi connectivity index (χ4v) is 11.1. The number of nitrogens with two attached hydrogens (primary N) is 2. The number of allylic oxidation sites excluding steroid dienone is 2. The van der Waals surface area contributed by atoms with Crippen LogP contribution in [0.25, 0.3) is 0 Å². The van der Waals surface area contributed by atoms with Crippen molar-refractivity contribution in [3.8, 4) is 0 Å². The largest absolute Gasteiger partial charge is 0.393 e. The minimum Gasteiger partial charge on any atom is -0.393 e. The molecule has 0 bridgehead atoms. The number of aliphatic hydroxyl groups is 4. The van der Waals surface area contributed by atoms with E-state index in [0.717, 1.165) is 32.1 Å². The Morgan fingerprint density at radius 2 is 1.53 bits per heavy atom. The predicted octanol–water partition coefficient (Wildman–Crippen LogP) is 1.74. The van der Waals surface area contributed by atoms with Gasteiger partial charge in [0.2, 0.25) is 0 Å². The van der Waals surface area contributed by atoms with Crippen LogP contribution in [0.2, 0.25) is 5.31 Å². The molecular weight excluding hydrogens is 451 g/mol. The first-order chi connectivity index (χ1) is 16.6. The van der Waals surface area contributed by atoms with Crippen molar-refractivity contribution in [2.45, 2.75) is 109 Å². The molecule has 36 heavy (non-hydrogen) atoms. The average Bonchev–Trinajstić information content (AvgIpc) is 2.81. The zero-order valence-electron chi connectivity index (χ0n) is 23.4. The lowest BCUT2D eigenvalue weighted by molar-refractivity contribution is -0.236. The Morgan fingerprint density at radius 3 is 2.14 bits per heavy atom. The Morgan fingerprint density at radius 1 is 0.861 bits per heavy atom. The fourth-order valence-electron chi connectivity index (χ4n) is 11.1. The molecule has 4 saturated carbocycles. The maximum Gasteiger partial charge on any atom is 0.110 e. The maximum absolute atomic E-state index is 11.8. The van der Waals surface area contributed by atoms with Gasteiger partial charge in [-0.1, -0.05) is 58.0 Å². The topological polar surface area (TPSA) is 133 Å². The molecule has 5 aliphatic rings. The molecule has 204 valence electrons. The first-order valence-electron chi connectivity index (χ1n) is 14.4. The van der Waals surface area contributed by atoms with Gasteiger partial charge in [-0.25, -0.2) is 0 Å². The molecule has 8 N–H and O–H groups in total. The molecule has 0 aromatic rings. The van der Waals surface area contributed by atoms with Gasteiger partial charge < -0.3 is 31.9 Å². The van der Waals surface area contributed by atoms with Gasteiger partial charge in [0.1, 0.15) is 7.85 Å². The van der Waals surface area contributed by atoms with Crippen LogP contribution in [0.4, 0.5) is 0 Å². The van der Waals surface area contributed by atoms with Crippen LogP contribution in [0.1, 0.15) is 79.6 Å². The number of aliphatic hydroxyl groups excluding tert-OH is 4. The number of rotatable bonds is 2. The van der Waals surface area contributed by atoms with Gasteiger partial charge in [-0.2, -0.15) is 0 Å². The first-order valence-corrected chi connectivity index (χ1v) is 14.4. The summed E-state index contributed by atoms with van der Waals surface area (Å²) in [6.07, 6.45) is 5.45. The van der Waals surface area contributed by atoms with Crippen LogP contribution in [-0.2, 0) is 0 Å². The summed E-state index contributed by atoms with van der Waals surface area (Å²) in [6.45, 7) is 11.7. The number of hydrogen-bond donors (Lipinski definition) is 6. The van der Waals surface area contributed by atoms with Crippen LogP contribution in [-0.4, -0.2) is 65.8 Å². The van der Waals surface area contributed by atoms with Gasteiger partial charge >= 0.3 is 0 Å². The Kier molecular flexibility index (Phi) is 6.07. The average molecular weight is 503 g/mol. The van der Waals surface area contributed by atoms with Crippen molar-refractivity contribution in [1.82, 2.24) is 0 Å². The van der Waals surface area contributed by atoms with Crippen molar-refractivity contribution >= 4 is 7.85 Å². The molecule has 0 radical (unpaired) electrons. The van der Waals surface area contributed by atoms with Crippen molar-refractivity contribution in [3.05, 3.63) is 11.6 Å². The van der Waals surface area contributed by atoms with Gasteiger partial charge in [0.25, 0.3) is 0 Å². The summed E-state index contributed by atoms with van der Waals surface area (Å²) >= 11 is 0. The molecule has 5 aliphatic carbocycles. The first kappa shape index (κ1) is 27.1. The summed E-state index contributed by atoms with van der Waals surface area (Å²) in [4.78, 5) is 0. The molecule has 0 aromatic heterocycles. The maximum atomic E-state index is 11.8. The second kappa shape index (κ2) is 8.05. The second-order valence-corrected chi connectivity index (χ2v) is 15.2. The molecule has 0 aliphatic heterocycles. The molecule has 4 fully saturated rings. The molecule has 0 saturated heterocycles. The van der Waals surface area contributed by atoms with Crippen LogP contribution in [0.3, 0.4) is 0 Å². The lowest BCUT2D eigenvalue weighted by atomic mass is 9.29. The summed E-state index contributed by atoms with van der Waals surface area (Å²) in [7, 11) is 2.45. The monoisotopic (exact) mass is 502 g/mol. The van der Waals surface area contributed by atoms with E-state index in [1.165, 1.54) is 5.57 Å². The normalized spacial score (nSPS) is 58.1. The van der Waals surface area contributed by atoms with Gasteiger partial charge in [-0.3, -0.25) is 0 Å². The van der Waals surface area contributed by atoms with E-state index in [-0.39, 0.29) is 40.1 Å². The summed E-state index contributed by atoms with van der Waals surface area (Å²) in [5.74, 6) is 0.744. The minimum absolute atomic E-state index is 0.0208. The molecule has 3 unspecified atom stereocenters. The smallest absolute Gasteiger partial charge is 0.110 e. The molecule has 7 heteroatoms. The lowest BCUT2D eigenvalue weighted by Crippen LogP contribution is -2.72. The molecule has 6 nitrogen and oxygen atoms in total. The quantitative estimate of drug-likeness (QED) is 0.252. The van der Waals surface area contributed by atoms with Crippen molar-refractivity contribution in [1.29, 1.82) is 0 Å². The van der Waals surface area contributed by atoms with Gasteiger partial charge in [0, 0.05) is 23.9 Å². The third kappa shape index (κ3) is 2.97. The van der Waals surface area contributed by atoms with Gasteiger partial charge in [0.15, 0.2) is 0 Å². The zero-order chi connectivity index (χ0) is 26.7. The highest BCUT2D eigenvalue weighted by Crippen LogP contribution is 2.77. The molecule has 0 heterocycles. The Bertz CT molecular complexity index is 944. The van der Waals surface area contributed by atoms with E-state index in [0.29, 0.717) is 31.2 Å². The van der Waals surface area contributed by atoms with Gasteiger partial charge in [-0.05, 0) is 72.5 Å². The highest BCUT2D eigenvalue weighted by molar-refractivity contribution is 6.16. The van der Waals surface area contributed by atoms with Crippen molar-refractivity contribution in [2.75, 3.05) is 13.1 Å². The molecule has 12 atom stereocenters. The molecular formula is C29H51BN2O4. The number of hydrogen-bond acceptors (Lipinski definition) is 6. The summed E-state index contributed by atoms with van der Waals surface area (Å²) < 4.78 is 0. The van der Waals surface area contributed by atoms with E-state index in [4.69, 9.17) is 11.5 Å².